The predicted octanol–water partition coefficient (Wildman–Crippen LogP) is 2.44. The third-order valence-corrected chi connectivity index (χ3v) is 2.81. The van der Waals surface area contributed by atoms with E-state index in [1.54, 1.807) is 0 Å². The Morgan fingerprint density at radius 2 is 2.11 bits per heavy atom. The number of likely N-dealkylation sites (N-methyl/N-ethyl adjacent to an activating group) is 1. The predicted molar refractivity (Wildman–Crippen MR) is 80.6 cm³/mol. The van der Waals surface area contributed by atoms with Crippen LogP contribution in [0.4, 0.5) is 5.82 Å². The summed E-state index contributed by atoms with van der Waals surface area (Å²) in [6, 6.07) is 4.11. The molecule has 4 nitrogen and oxygen atoms in total. The van der Waals surface area contributed by atoms with Crippen LogP contribution in [0.3, 0.4) is 0 Å². The number of hydrogen-bond donors (Lipinski definition) is 1. The van der Waals surface area contributed by atoms with Crippen molar-refractivity contribution >= 4 is 5.82 Å². The first kappa shape index (κ1) is 15.9. The number of aromatic nitrogens is 1. The molecule has 0 bridgehead atoms. The Morgan fingerprint density at radius 1 is 1.37 bits per heavy atom. The quantitative estimate of drug-likeness (QED) is 0.768. The molecule has 0 amide bonds. The highest BCUT2D eigenvalue weighted by molar-refractivity contribution is 5.45. The lowest BCUT2D eigenvalue weighted by Gasteiger charge is -2.24. The fourth-order valence-electron chi connectivity index (χ4n) is 1.72. The maximum atomic E-state index is 5.39. The molecule has 0 fully saturated rings. The zero-order valence-electron chi connectivity index (χ0n) is 12.9. The van der Waals surface area contributed by atoms with Crippen molar-refractivity contribution in [2.45, 2.75) is 39.8 Å². The minimum Gasteiger partial charge on any atom is -0.380 e. The lowest BCUT2D eigenvalue weighted by atomic mass is 10.1. The van der Waals surface area contributed by atoms with Crippen LogP contribution in [0.1, 0.15) is 33.3 Å². The largest absolute Gasteiger partial charge is 0.380 e. The van der Waals surface area contributed by atoms with Crippen molar-refractivity contribution < 1.29 is 4.74 Å². The molecule has 1 aromatic heterocycles. The van der Waals surface area contributed by atoms with Gasteiger partial charge in [0.05, 0.1) is 6.61 Å². The zero-order valence-corrected chi connectivity index (χ0v) is 12.9. The average molecular weight is 265 g/mol. The van der Waals surface area contributed by atoms with Gasteiger partial charge in [0, 0.05) is 44.0 Å². The van der Waals surface area contributed by atoms with Crippen molar-refractivity contribution in [3.05, 3.63) is 23.9 Å². The summed E-state index contributed by atoms with van der Waals surface area (Å²) >= 11 is 0. The van der Waals surface area contributed by atoms with E-state index in [1.165, 1.54) is 5.56 Å². The average Bonchev–Trinajstić information content (AvgIpc) is 2.36. The van der Waals surface area contributed by atoms with Crippen molar-refractivity contribution in [1.29, 1.82) is 0 Å². The second-order valence-corrected chi connectivity index (χ2v) is 5.71. The van der Waals surface area contributed by atoms with Crippen molar-refractivity contribution in [2.24, 2.45) is 0 Å². The number of anilines is 1. The molecule has 0 aliphatic carbocycles. The van der Waals surface area contributed by atoms with E-state index in [1.807, 2.05) is 19.2 Å². The minimum absolute atomic E-state index is 0.108. The molecule has 0 aliphatic rings. The molecule has 1 heterocycles. The maximum Gasteiger partial charge on any atom is 0.132 e. The van der Waals surface area contributed by atoms with Crippen molar-refractivity contribution in [3.63, 3.8) is 0 Å². The smallest absolute Gasteiger partial charge is 0.132 e. The fourth-order valence-corrected chi connectivity index (χ4v) is 1.72. The second kappa shape index (κ2) is 7.46. The van der Waals surface area contributed by atoms with Gasteiger partial charge in [0.15, 0.2) is 0 Å². The zero-order chi connectivity index (χ0) is 14.3. The van der Waals surface area contributed by atoms with Gasteiger partial charge in [-0.3, -0.25) is 0 Å². The number of nitrogens with one attached hydrogen (secondary N) is 1. The van der Waals surface area contributed by atoms with Crippen LogP contribution in [-0.4, -0.2) is 37.3 Å². The molecule has 0 spiro atoms. The van der Waals surface area contributed by atoms with Crippen molar-refractivity contribution in [2.75, 3.05) is 31.7 Å². The second-order valence-electron chi connectivity index (χ2n) is 5.71. The van der Waals surface area contributed by atoms with Gasteiger partial charge in [-0.1, -0.05) is 6.07 Å². The van der Waals surface area contributed by atoms with Gasteiger partial charge in [-0.2, -0.15) is 0 Å². The summed E-state index contributed by atoms with van der Waals surface area (Å²) in [6.07, 6.45) is 1.84. The van der Waals surface area contributed by atoms with Gasteiger partial charge in [-0.15, -0.1) is 0 Å². The molecule has 0 saturated carbocycles. The highest BCUT2D eigenvalue weighted by atomic mass is 16.5. The summed E-state index contributed by atoms with van der Waals surface area (Å²) in [6.45, 7) is 11.7. The number of ether oxygens (including phenoxy) is 1. The Balaban J connectivity index is 2.66. The molecule has 0 unspecified atom stereocenters. The van der Waals surface area contributed by atoms with Gasteiger partial charge < -0.3 is 15.0 Å². The molecule has 108 valence electrons. The minimum atomic E-state index is 0.108. The number of rotatable bonds is 7. The maximum absolute atomic E-state index is 5.39. The van der Waals surface area contributed by atoms with Crippen LogP contribution in [0.25, 0.3) is 0 Å². The summed E-state index contributed by atoms with van der Waals surface area (Å²) in [4.78, 5) is 6.64. The Kier molecular flexibility index (Phi) is 6.25. The van der Waals surface area contributed by atoms with Crippen LogP contribution < -0.4 is 10.2 Å². The van der Waals surface area contributed by atoms with Crippen LogP contribution in [0.15, 0.2) is 18.3 Å². The fraction of sp³-hybridized carbons (Fsp3) is 0.667. The highest BCUT2D eigenvalue weighted by Gasteiger charge is 2.12. The van der Waals surface area contributed by atoms with Gasteiger partial charge in [0.1, 0.15) is 5.82 Å². The van der Waals surface area contributed by atoms with Gasteiger partial charge in [-0.05, 0) is 33.8 Å². The summed E-state index contributed by atoms with van der Waals surface area (Å²) < 4.78 is 5.39. The van der Waals surface area contributed by atoms with Crippen LogP contribution >= 0.6 is 0 Å². The number of nitrogens with zero attached hydrogens (tertiary/aromatic N) is 2. The lowest BCUT2D eigenvalue weighted by molar-refractivity contribution is 0.154. The van der Waals surface area contributed by atoms with E-state index in [-0.39, 0.29) is 5.54 Å². The van der Waals surface area contributed by atoms with E-state index in [4.69, 9.17) is 4.74 Å². The molecule has 19 heavy (non-hydrogen) atoms. The van der Waals surface area contributed by atoms with Crippen LogP contribution in [0.2, 0.25) is 0 Å². The van der Waals surface area contributed by atoms with Gasteiger partial charge in [0.2, 0.25) is 0 Å². The first-order chi connectivity index (χ1) is 8.94. The summed E-state index contributed by atoms with van der Waals surface area (Å²) in [7, 11) is 2.06. The van der Waals surface area contributed by atoms with Crippen LogP contribution in [0, 0.1) is 0 Å². The standard InChI is InChI=1S/C15H27N3O/c1-6-19-11-10-18(5)14-13(8-7-9-16-14)12-17-15(2,3)4/h7-9,17H,6,10-12H2,1-5H3. The molecule has 1 rings (SSSR count). The van der Waals surface area contributed by atoms with E-state index in [2.05, 4.69) is 49.1 Å². The molecule has 0 saturated heterocycles. The topological polar surface area (TPSA) is 37.4 Å². The van der Waals surface area contributed by atoms with E-state index in [0.717, 1.165) is 32.1 Å². The number of hydrogen-bond acceptors (Lipinski definition) is 4. The van der Waals surface area contributed by atoms with Crippen molar-refractivity contribution in [1.82, 2.24) is 10.3 Å². The Bertz CT molecular complexity index is 374. The highest BCUT2D eigenvalue weighted by Crippen LogP contribution is 2.16. The monoisotopic (exact) mass is 265 g/mol. The molecular formula is C15H27N3O. The first-order valence-corrected chi connectivity index (χ1v) is 6.92. The van der Waals surface area contributed by atoms with E-state index in [0.29, 0.717) is 0 Å². The third kappa shape index (κ3) is 6.03. The van der Waals surface area contributed by atoms with Crippen LogP contribution in [-0.2, 0) is 11.3 Å². The number of pyridine rings is 1. The molecule has 1 N–H and O–H groups in total. The van der Waals surface area contributed by atoms with Crippen molar-refractivity contribution in [3.8, 4) is 0 Å². The van der Waals surface area contributed by atoms with Gasteiger partial charge >= 0.3 is 0 Å². The molecule has 0 atom stereocenters. The molecule has 0 radical (unpaired) electrons. The Morgan fingerprint density at radius 3 is 2.74 bits per heavy atom. The Hall–Kier alpha value is -1.13. The normalized spacial score (nSPS) is 11.6. The van der Waals surface area contributed by atoms with Gasteiger partial charge in [-0.25, -0.2) is 4.98 Å². The molecule has 4 heteroatoms. The van der Waals surface area contributed by atoms with Crippen LogP contribution in [0.5, 0.6) is 0 Å². The first-order valence-electron chi connectivity index (χ1n) is 6.92. The van der Waals surface area contributed by atoms with Gasteiger partial charge in [0.25, 0.3) is 0 Å². The summed E-state index contributed by atoms with van der Waals surface area (Å²) in [5.74, 6) is 1.03. The third-order valence-electron chi connectivity index (χ3n) is 2.81. The summed E-state index contributed by atoms with van der Waals surface area (Å²) in [5.41, 5.74) is 1.33. The lowest BCUT2D eigenvalue weighted by Crippen LogP contribution is -2.36. The molecular weight excluding hydrogens is 238 g/mol. The molecule has 1 aromatic rings. The SMILES string of the molecule is CCOCCN(C)c1ncccc1CNC(C)(C)C. The Labute approximate surface area is 117 Å². The van der Waals surface area contributed by atoms with E-state index >= 15 is 0 Å². The van der Waals surface area contributed by atoms with E-state index in [9.17, 15) is 0 Å². The molecule has 0 aromatic carbocycles. The van der Waals surface area contributed by atoms with E-state index < -0.39 is 0 Å². The molecule has 0 aliphatic heterocycles. The summed E-state index contributed by atoms with van der Waals surface area (Å²) in [5, 5.41) is 3.50.